The lowest BCUT2D eigenvalue weighted by molar-refractivity contribution is -0.121. The molecule has 0 fully saturated rings. The van der Waals surface area contributed by atoms with Crippen LogP contribution in [-0.4, -0.2) is 38.3 Å². The predicted octanol–water partition coefficient (Wildman–Crippen LogP) is 1.83. The number of anilines is 2. The predicted molar refractivity (Wildman–Crippen MR) is 81.1 cm³/mol. The first-order valence-corrected chi connectivity index (χ1v) is 7.26. The van der Waals surface area contributed by atoms with Crippen LogP contribution in [0.1, 0.15) is 19.8 Å². The molecule has 1 unspecified atom stereocenters. The average Bonchev–Trinajstić information content (AvgIpc) is 2.50. The SMILES string of the molecule is CCCOCCCNC(=O)C1CNc2ccccc2N1. The summed E-state index contributed by atoms with van der Waals surface area (Å²) in [6.45, 7) is 4.84. The summed E-state index contributed by atoms with van der Waals surface area (Å²) in [4.78, 5) is 12.0. The van der Waals surface area contributed by atoms with Crippen molar-refractivity contribution in [3.05, 3.63) is 24.3 Å². The second-order valence-electron chi connectivity index (χ2n) is 4.88. The van der Waals surface area contributed by atoms with E-state index in [9.17, 15) is 4.79 Å². The van der Waals surface area contributed by atoms with Crippen molar-refractivity contribution in [3.63, 3.8) is 0 Å². The number of fused-ring (bicyclic) bond motifs is 1. The molecule has 2 rings (SSSR count). The molecule has 0 saturated heterocycles. The van der Waals surface area contributed by atoms with Gasteiger partial charge in [-0.3, -0.25) is 4.79 Å². The first-order valence-electron chi connectivity index (χ1n) is 7.26. The maximum Gasteiger partial charge on any atom is 0.244 e. The van der Waals surface area contributed by atoms with Crippen molar-refractivity contribution < 1.29 is 9.53 Å². The molecule has 1 aliphatic rings. The zero-order valence-corrected chi connectivity index (χ0v) is 11.9. The Labute approximate surface area is 120 Å². The topological polar surface area (TPSA) is 62.4 Å². The van der Waals surface area contributed by atoms with Crippen LogP contribution < -0.4 is 16.0 Å². The van der Waals surface area contributed by atoms with E-state index < -0.39 is 0 Å². The normalized spacial score (nSPS) is 16.8. The summed E-state index contributed by atoms with van der Waals surface area (Å²) >= 11 is 0. The molecule has 1 aromatic rings. The fourth-order valence-electron chi connectivity index (χ4n) is 2.13. The van der Waals surface area contributed by atoms with Gasteiger partial charge < -0.3 is 20.7 Å². The number of rotatable bonds is 7. The Morgan fingerprint density at radius 2 is 2.15 bits per heavy atom. The van der Waals surface area contributed by atoms with Crippen LogP contribution in [0.2, 0.25) is 0 Å². The molecule has 1 atom stereocenters. The largest absolute Gasteiger partial charge is 0.381 e. The van der Waals surface area contributed by atoms with Crippen LogP contribution in [0.5, 0.6) is 0 Å². The van der Waals surface area contributed by atoms with Gasteiger partial charge in [-0.2, -0.15) is 0 Å². The van der Waals surface area contributed by atoms with Crippen molar-refractivity contribution in [3.8, 4) is 0 Å². The molecule has 0 saturated carbocycles. The van der Waals surface area contributed by atoms with Crippen molar-refractivity contribution in [2.75, 3.05) is 36.9 Å². The van der Waals surface area contributed by atoms with Gasteiger partial charge in [-0.25, -0.2) is 0 Å². The summed E-state index contributed by atoms with van der Waals surface area (Å²) in [5.74, 6) is 0.0301. The standard InChI is InChI=1S/C15H23N3O2/c1-2-9-20-10-5-8-16-15(19)14-11-17-12-6-3-4-7-13(12)18-14/h3-4,6-7,14,17-18H,2,5,8-11H2,1H3,(H,16,19). The van der Waals surface area contributed by atoms with Crippen molar-refractivity contribution in [1.29, 1.82) is 0 Å². The third-order valence-corrected chi connectivity index (χ3v) is 3.18. The quantitative estimate of drug-likeness (QED) is 0.665. The van der Waals surface area contributed by atoms with Crippen LogP contribution >= 0.6 is 0 Å². The molecule has 110 valence electrons. The highest BCUT2D eigenvalue weighted by Crippen LogP contribution is 2.24. The van der Waals surface area contributed by atoms with Gasteiger partial charge in [0.15, 0.2) is 0 Å². The summed E-state index contributed by atoms with van der Waals surface area (Å²) < 4.78 is 5.38. The van der Waals surface area contributed by atoms with Crippen LogP contribution in [0.3, 0.4) is 0 Å². The van der Waals surface area contributed by atoms with E-state index >= 15 is 0 Å². The van der Waals surface area contributed by atoms with E-state index in [0.29, 0.717) is 19.7 Å². The van der Waals surface area contributed by atoms with Crippen LogP contribution in [0, 0.1) is 0 Å². The number of para-hydroxylation sites is 2. The summed E-state index contributed by atoms with van der Waals surface area (Å²) in [6, 6.07) is 7.69. The molecule has 0 aliphatic carbocycles. The fraction of sp³-hybridized carbons (Fsp3) is 0.533. The zero-order valence-electron chi connectivity index (χ0n) is 11.9. The van der Waals surface area contributed by atoms with E-state index in [1.54, 1.807) is 0 Å². The van der Waals surface area contributed by atoms with Crippen molar-refractivity contribution in [2.45, 2.75) is 25.8 Å². The van der Waals surface area contributed by atoms with E-state index in [0.717, 1.165) is 30.8 Å². The molecular formula is C15H23N3O2. The number of benzene rings is 1. The summed E-state index contributed by atoms with van der Waals surface area (Å²) in [5, 5.41) is 9.45. The summed E-state index contributed by atoms with van der Waals surface area (Å²) in [7, 11) is 0. The van der Waals surface area contributed by atoms with Gasteiger partial charge in [-0.05, 0) is 25.0 Å². The lowest BCUT2D eigenvalue weighted by Crippen LogP contribution is -2.46. The Kier molecular flexibility index (Phi) is 5.68. The summed E-state index contributed by atoms with van der Waals surface area (Å²) in [5.41, 5.74) is 2.02. The van der Waals surface area contributed by atoms with Crippen molar-refractivity contribution >= 4 is 17.3 Å². The fourth-order valence-corrected chi connectivity index (χ4v) is 2.13. The number of ether oxygens (including phenoxy) is 1. The Balaban J connectivity index is 1.69. The van der Waals surface area contributed by atoms with Crippen molar-refractivity contribution in [2.24, 2.45) is 0 Å². The zero-order chi connectivity index (χ0) is 14.2. The molecule has 20 heavy (non-hydrogen) atoms. The lowest BCUT2D eigenvalue weighted by Gasteiger charge is -2.27. The van der Waals surface area contributed by atoms with Gasteiger partial charge in [-0.15, -0.1) is 0 Å². The molecule has 1 aliphatic heterocycles. The third-order valence-electron chi connectivity index (χ3n) is 3.18. The molecule has 0 bridgehead atoms. The number of carbonyl (C=O) groups is 1. The molecule has 3 N–H and O–H groups in total. The third kappa shape index (κ3) is 4.13. The molecule has 0 radical (unpaired) electrons. The van der Waals surface area contributed by atoms with Gasteiger partial charge in [0.25, 0.3) is 0 Å². The average molecular weight is 277 g/mol. The minimum atomic E-state index is -0.221. The van der Waals surface area contributed by atoms with E-state index in [1.165, 1.54) is 0 Å². The molecule has 0 aromatic heterocycles. The molecule has 1 amide bonds. The first kappa shape index (κ1) is 14.7. The van der Waals surface area contributed by atoms with Crippen LogP contribution in [-0.2, 0) is 9.53 Å². The van der Waals surface area contributed by atoms with Gasteiger partial charge in [0.2, 0.25) is 5.91 Å². The molecule has 1 aromatic carbocycles. The van der Waals surface area contributed by atoms with E-state index in [4.69, 9.17) is 4.74 Å². The van der Waals surface area contributed by atoms with E-state index in [2.05, 4.69) is 22.9 Å². The van der Waals surface area contributed by atoms with Crippen LogP contribution in [0.15, 0.2) is 24.3 Å². The maximum absolute atomic E-state index is 12.0. The molecule has 1 heterocycles. The summed E-state index contributed by atoms with van der Waals surface area (Å²) in [6.07, 6.45) is 1.88. The minimum Gasteiger partial charge on any atom is -0.381 e. The highest BCUT2D eigenvalue weighted by atomic mass is 16.5. The van der Waals surface area contributed by atoms with Crippen LogP contribution in [0.25, 0.3) is 0 Å². The Hall–Kier alpha value is -1.75. The molecular weight excluding hydrogens is 254 g/mol. The smallest absolute Gasteiger partial charge is 0.244 e. The Morgan fingerprint density at radius 1 is 1.35 bits per heavy atom. The lowest BCUT2D eigenvalue weighted by atomic mass is 10.1. The van der Waals surface area contributed by atoms with Crippen molar-refractivity contribution in [1.82, 2.24) is 5.32 Å². The molecule has 0 spiro atoms. The number of hydrogen-bond acceptors (Lipinski definition) is 4. The highest BCUT2D eigenvalue weighted by molar-refractivity contribution is 5.88. The van der Waals surface area contributed by atoms with E-state index in [1.807, 2.05) is 24.3 Å². The number of nitrogens with one attached hydrogen (secondary N) is 3. The second kappa shape index (κ2) is 7.75. The highest BCUT2D eigenvalue weighted by Gasteiger charge is 2.22. The van der Waals surface area contributed by atoms with Crippen LogP contribution in [0.4, 0.5) is 11.4 Å². The van der Waals surface area contributed by atoms with Gasteiger partial charge in [0.05, 0.1) is 11.4 Å². The number of hydrogen-bond donors (Lipinski definition) is 3. The minimum absolute atomic E-state index is 0.0301. The number of carbonyl (C=O) groups excluding carboxylic acids is 1. The maximum atomic E-state index is 12.0. The number of amides is 1. The van der Waals surface area contributed by atoms with Gasteiger partial charge in [-0.1, -0.05) is 19.1 Å². The second-order valence-corrected chi connectivity index (χ2v) is 4.88. The van der Waals surface area contributed by atoms with Gasteiger partial charge in [0.1, 0.15) is 6.04 Å². The van der Waals surface area contributed by atoms with E-state index in [-0.39, 0.29) is 11.9 Å². The Morgan fingerprint density at radius 3 is 2.95 bits per heavy atom. The van der Waals surface area contributed by atoms with Gasteiger partial charge >= 0.3 is 0 Å². The monoisotopic (exact) mass is 277 g/mol. The van der Waals surface area contributed by atoms with Gasteiger partial charge in [0, 0.05) is 26.3 Å². The first-order chi connectivity index (χ1) is 9.81. The Bertz CT molecular complexity index is 437. The molecule has 5 heteroatoms. The molecule has 5 nitrogen and oxygen atoms in total.